The van der Waals surface area contributed by atoms with E-state index in [0.29, 0.717) is 0 Å². The average Bonchev–Trinajstić information content (AvgIpc) is 2.38. The van der Waals surface area contributed by atoms with Crippen molar-refractivity contribution in [3.05, 3.63) is 0 Å². The summed E-state index contributed by atoms with van der Waals surface area (Å²) in [5.74, 6) is -5.49. The van der Waals surface area contributed by atoms with Crippen LogP contribution in [0.25, 0.3) is 0 Å². The average molecular weight is 334 g/mol. The summed E-state index contributed by atoms with van der Waals surface area (Å²) in [4.78, 5) is 56.0. The summed E-state index contributed by atoms with van der Waals surface area (Å²) in [6, 6.07) is 0. The number of hydrogen-bond acceptors (Lipinski definition) is 9. The van der Waals surface area contributed by atoms with E-state index in [1.807, 2.05) is 0 Å². The van der Waals surface area contributed by atoms with Crippen LogP contribution < -0.4 is 0 Å². The first-order chi connectivity index (χ1) is 10.5. The predicted octanol–water partition coefficient (Wildman–Crippen LogP) is -1.18. The molecule has 0 aromatic rings. The van der Waals surface area contributed by atoms with Crippen molar-refractivity contribution < 1.29 is 48.4 Å². The Morgan fingerprint density at radius 2 is 1.13 bits per heavy atom. The number of carboxylic acid groups (broad SMARTS) is 1. The molecule has 10 nitrogen and oxygen atoms in total. The smallest absolute Gasteiger partial charge is 0.336 e. The number of aliphatic hydroxyl groups excluding tert-OH is 1. The Labute approximate surface area is 131 Å². The van der Waals surface area contributed by atoms with Crippen LogP contribution in [0.5, 0.6) is 0 Å². The zero-order valence-electron chi connectivity index (χ0n) is 13.0. The van der Waals surface area contributed by atoms with Gasteiger partial charge in [-0.15, -0.1) is 0 Å². The Balaban J connectivity index is 5.85. The topological polar surface area (TPSA) is 154 Å². The zero-order chi connectivity index (χ0) is 18.3. The molecule has 0 heterocycles. The SMILES string of the molecule is CC(=O)O[C@@H]([C@H](OC(C)=O)[C@@H](OC(C)=O)C(C)=O)[C@H](O)C(=O)O. The molecule has 0 bridgehead atoms. The lowest BCUT2D eigenvalue weighted by Gasteiger charge is -2.31. The Morgan fingerprint density at radius 3 is 1.43 bits per heavy atom. The maximum absolute atomic E-state index is 11.6. The van der Waals surface area contributed by atoms with Gasteiger partial charge in [0, 0.05) is 20.8 Å². The van der Waals surface area contributed by atoms with Gasteiger partial charge < -0.3 is 24.4 Å². The van der Waals surface area contributed by atoms with Gasteiger partial charge in [0.2, 0.25) is 0 Å². The first kappa shape index (κ1) is 20.5. The Morgan fingerprint density at radius 1 is 0.739 bits per heavy atom. The summed E-state index contributed by atoms with van der Waals surface area (Å²) in [7, 11) is 0. The summed E-state index contributed by atoms with van der Waals surface area (Å²) in [6.07, 6.45) is -7.86. The van der Waals surface area contributed by atoms with Gasteiger partial charge in [0.1, 0.15) is 0 Å². The third-order valence-corrected chi connectivity index (χ3v) is 2.48. The fourth-order valence-electron chi connectivity index (χ4n) is 1.70. The van der Waals surface area contributed by atoms with E-state index in [1.165, 1.54) is 0 Å². The molecule has 10 heteroatoms. The van der Waals surface area contributed by atoms with Crippen LogP contribution in [0.15, 0.2) is 0 Å². The van der Waals surface area contributed by atoms with Crippen LogP contribution in [0, 0.1) is 0 Å². The lowest BCUT2D eigenvalue weighted by molar-refractivity contribution is -0.197. The van der Waals surface area contributed by atoms with Crippen molar-refractivity contribution in [2.75, 3.05) is 0 Å². The number of Topliss-reactive ketones (excluding diaryl/α,β-unsaturated/α-hetero) is 1. The number of ketones is 1. The second-order valence-corrected chi connectivity index (χ2v) is 4.57. The maximum Gasteiger partial charge on any atom is 0.336 e. The minimum absolute atomic E-state index is 0.804. The van der Waals surface area contributed by atoms with Gasteiger partial charge >= 0.3 is 23.9 Å². The Kier molecular flexibility index (Phi) is 7.88. The van der Waals surface area contributed by atoms with Crippen molar-refractivity contribution in [2.45, 2.75) is 52.1 Å². The Bertz CT molecular complexity index is 497. The van der Waals surface area contributed by atoms with Crippen molar-refractivity contribution in [2.24, 2.45) is 0 Å². The van der Waals surface area contributed by atoms with Gasteiger partial charge in [-0.3, -0.25) is 19.2 Å². The van der Waals surface area contributed by atoms with Gasteiger partial charge in [-0.05, 0) is 6.92 Å². The fraction of sp³-hybridized carbons (Fsp3) is 0.615. The molecule has 4 atom stereocenters. The molecule has 23 heavy (non-hydrogen) atoms. The van der Waals surface area contributed by atoms with Crippen LogP contribution in [0.1, 0.15) is 27.7 Å². The molecule has 2 N–H and O–H groups in total. The van der Waals surface area contributed by atoms with Gasteiger partial charge in [-0.2, -0.15) is 0 Å². The van der Waals surface area contributed by atoms with E-state index >= 15 is 0 Å². The summed E-state index contributed by atoms with van der Waals surface area (Å²) in [6.45, 7) is 3.81. The molecule has 0 aliphatic carbocycles. The number of aliphatic carboxylic acids is 1. The molecule has 0 fully saturated rings. The van der Waals surface area contributed by atoms with E-state index in [0.717, 1.165) is 27.7 Å². The third-order valence-electron chi connectivity index (χ3n) is 2.48. The predicted molar refractivity (Wildman–Crippen MR) is 71.0 cm³/mol. The molecular weight excluding hydrogens is 316 g/mol. The van der Waals surface area contributed by atoms with Crippen molar-refractivity contribution in [1.29, 1.82) is 0 Å². The number of aliphatic hydroxyl groups is 1. The lowest BCUT2D eigenvalue weighted by atomic mass is 9.99. The van der Waals surface area contributed by atoms with Crippen molar-refractivity contribution in [1.82, 2.24) is 0 Å². The minimum Gasteiger partial charge on any atom is -0.479 e. The number of carbonyl (C=O) groups excluding carboxylic acids is 4. The summed E-state index contributed by atoms with van der Waals surface area (Å²) >= 11 is 0. The molecule has 130 valence electrons. The van der Waals surface area contributed by atoms with Crippen LogP contribution >= 0.6 is 0 Å². The summed E-state index contributed by atoms with van der Waals surface area (Å²) < 4.78 is 14.1. The van der Waals surface area contributed by atoms with Crippen molar-refractivity contribution in [3.63, 3.8) is 0 Å². The molecule has 0 unspecified atom stereocenters. The van der Waals surface area contributed by atoms with Crippen LogP contribution in [0.2, 0.25) is 0 Å². The minimum atomic E-state index is -2.32. The quantitative estimate of drug-likeness (QED) is 0.409. The number of rotatable bonds is 8. The van der Waals surface area contributed by atoms with Crippen LogP contribution in [-0.4, -0.2) is 64.3 Å². The third kappa shape index (κ3) is 6.87. The number of carbonyl (C=O) groups is 5. The molecule has 0 aromatic carbocycles. The molecule has 0 spiro atoms. The molecule has 0 rings (SSSR count). The maximum atomic E-state index is 11.6. The van der Waals surface area contributed by atoms with Gasteiger partial charge in [0.25, 0.3) is 0 Å². The highest BCUT2D eigenvalue weighted by atomic mass is 16.6. The van der Waals surface area contributed by atoms with E-state index in [1.54, 1.807) is 0 Å². The molecule has 0 aliphatic rings. The van der Waals surface area contributed by atoms with E-state index in [-0.39, 0.29) is 0 Å². The summed E-state index contributed by atoms with van der Waals surface area (Å²) in [5, 5.41) is 18.5. The van der Waals surface area contributed by atoms with Crippen LogP contribution in [-0.2, 0) is 38.2 Å². The zero-order valence-corrected chi connectivity index (χ0v) is 13.0. The van der Waals surface area contributed by atoms with Gasteiger partial charge in [-0.25, -0.2) is 4.79 Å². The largest absolute Gasteiger partial charge is 0.479 e. The number of esters is 3. The Hall–Kier alpha value is -2.49. The molecule has 0 aliphatic heterocycles. The monoisotopic (exact) mass is 334 g/mol. The molecule has 0 aromatic heterocycles. The van der Waals surface area contributed by atoms with Gasteiger partial charge in [0.15, 0.2) is 30.2 Å². The van der Waals surface area contributed by atoms with E-state index in [9.17, 15) is 29.1 Å². The first-order valence-corrected chi connectivity index (χ1v) is 6.40. The van der Waals surface area contributed by atoms with E-state index < -0.39 is 54.1 Å². The van der Waals surface area contributed by atoms with E-state index in [2.05, 4.69) is 4.74 Å². The second kappa shape index (κ2) is 8.83. The lowest BCUT2D eigenvalue weighted by Crippen LogP contribution is -2.54. The number of hydrogen-bond donors (Lipinski definition) is 2. The number of ether oxygens (including phenoxy) is 3. The van der Waals surface area contributed by atoms with Gasteiger partial charge in [-0.1, -0.05) is 0 Å². The van der Waals surface area contributed by atoms with Gasteiger partial charge in [0.05, 0.1) is 0 Å². The highest BCUT2D eigenvalue weighted by molar-refractivity contribution is 5.84. The van der Waals surface area contributed by atoms with Crippen LogP contribution in [0.3, 0.4) is 0 Å². The van der Waals surface area contributed by atoms with Crippen molar-refractivity contribution >= 4 is 29.7 Å². The first-order valence-electron chi connectivity index (χ1n) is 6.40. The summed E-state index contributed by atoms with van der Waals surface area (Å²) in [5.41, 5.74) is 0. The molecule has 0 radical (unpaired) electrons. The molecule has 0 saturated heterocycles. The fourth-order valence-corrected chi connectivity index (χ4v) is 1.70. The molecule has 0 amide bonds. The molecule has 0 saturated carbocycles. The second-order valence-electron chi connectivity index (χ2n) is 4.57. The van der Waals surface area contributed by atoms with Crippen LogP contribution in [0.4, 0.5) is 0 Å². The highest BCUT2D eigenvalue weighted by Gasteiger charge is 2.45. The normalized spacial score (nSPS) is 15.5. The number of carboxylic acids is 1. The standard InChI is InChI=1S/C13H18O10/c1-5(14)10(21-6(2)15)12(23-8(4)17)11(22-7(3)16)9(18)13(19)20/h9-12,18H,1-4H3,(H,19,20)/t9-,10-,11+,12+/m0/s1. The molecular formula is C13H18O10. The highest BCUT2D eigenvalue weighted by Crippen LogP contribution is 2.18. The van der Waals surface area contributed by atoms with Crippen molar-refractivity contribution in [3.8, 4) is 0 Å². The van der Waals surface area contributed by atoms with E-state index in [4.69, 9.17) is 14.6 Å².